The molecule has 0 radical (unpaired) electrons. The van der Waals surface area contributed by atoms with E-state index in [2.05, 4.69) is 16.5 Å². The molecule has 3 heteroatoms. The average molecular weight is 169 g/mol. The molecule has 1 rings (SSSR count). The van der Waals surface area contributed by atoms with E-state index in [-0.39, 0.29) is 0 Å². The van der Waals surface area contributed by atoms with Crippen molar-refractivity contribution in [2.75, 3.05) is 13.2 Å². The minimum Gasteiger partial charge on any atom is -0.381 e. The Kier molecular flexibility index (Phi) is 4.46. The van der Waals surface area contributed by atoms with Crippen molar-refractivity contribution in [3.05, 3.63) is 18.7 Å². The average Bonchev–Trinajstić information content (AvgIpc) is 2.57. The molecule has 3 nitrogen and oxygen atoms in total. The number of aryl methyl sites for hydroxylation is 1. The third kappa shape index (κ3) is 3.53. The SMILES string of the molecule is CCCOCCC[n+]1cc[nH]c1. The second-order valence-corrected chi connectivity index (χ2v) is 2.82. The van der Waals surface area contributed by atoms with Gasteiger partial charge in [-0.3, -0.25) is 4.98 Å². The molecule has 1 N–H and O–H groups in total. The largest absolute Gasteiger partial charge is 0.381 e. The predicted molar refractivity (Wildman–Crippen MR) is 46.7 cm³/mol. The van der Waals surface area contributed by atoms with Gasteiger partial charge < -0.3 is 4.74 Å². The third-order valence-electron chi connectivity index (χ3n) is 1.66. The van der Waals surface area contributed by atoms with Crippen LogP contribution in [0, 0.1) is 0 Å². The molecule has 0 aromatic carbocycles. The van der Waals surface area contributed by atoms with E-state index in [0.29, 0.717) is 0 Å². The number of hydrogen-bond acceptors (Lipinski definition) is 1. The Morgan fingerprint density at radius 1 is 1.42 bits per heavy atom. The summed E-state index contributed by atoms with van der Waals surface area (Å²) < 4.78 is 7.48. The Labute approximate surface area is 73.4 Å². The summed E-state index contributed by atoms with van der Waals surface area (Å²) in [6, 6.07) is 0. The molecule has 12 heavy (non-hydrogen) atoms. The number of aromatic amines is 1. The molecule has 0 amide bonds. The van der Waals surface area contributed by atoms with E-state index < -0.39 is 0 Å². The lowest BCUT2D eigenvalue weighted by molar-refractivity contribution is -0.696. The summed E-state index contributed by atoms with van der Waals surface area (Å²) in [4.78, 5) is 3.00. The number of hydrogen-bond donors (Lipinski definition) is 1. The smallest absolute Gasteiger partial charge is 0.241 e. The van der Waals surface area contributed by atoms with Gasteiger partial charge in [-0.05, 0) is 6.42 Å². The molecular formula is C9H17N2O+. The van der Waals surface area contributed by atoms with Gasteiger partial charge in [-0.25, -0.2) is 4.57 Å². The molecule has 0 unspecified atom stereocenters. The molecule has 68 valence electrons. The van der Waals surface area contributed by atoms with Crippen molar-refractivity contribution in [1.82, 2.24) is 4.98 Å². The van der Waals surface area contributed by atoms with Crippen LogP contribution in [0.3, 0.4) is 0 Å². The van der Waals surface area contributed by atoms with Gasteiger partial charge in [-0.2, -0.15) is 0 Å². The number of imidazole rings is 1. The molecule has 0 fully saturated rings. The first kappa shape index (κ1) is 9.26. The summed E-state index contributed by atoms with van der Waals surface area (Å²) in [7, 11) is 0. The fraction of sp³-hybridized carbons (Fsp3) is 0.667. The Bertz CT molecular complexity index is 184. The van der Waals surface area contributed by atoms with E-state index in [1.54, 1.807) is 0 Å². The Morgan fingerprint density at radius 2 is 2.33 bits per heavy atom. The molecule has 1 aromatic rings. The summed E-state index contributed by atoms with van der Waals surface area (Å²) >= 11 is 0. The van der Waals surface area contributed by atoms with Crippen molar-refractivity contribution in [2.45, 2.75) is 26.3 Å². The van der Waals surface area contributed by atoms with E-state index in [9.17, 15) is 0 Å². The Morgan fingerprint density at radius 3 is 3.00 bits per heavy atom. The van der Waals surface area contributed by atoms with Gasteiger partial charge in [0.15, 0.2) is 0 Å². The minimum atomic E-state index is 0.867. The van der Waals surface area contributed by atoms with Gasteiger partial charge in [0, 0.05) is 13.0 Å². The van der Waals surface area contributed by atoms with E-state index in [1.807, 2.05) is 18.7 Å². The third-order valence-corrected chi connectivity index (χ3v) is 1.66. The maximum absolute atomic E-state index is 5.36. The summed E-state index contributed by atoms with van der Waals surface area (Å²) in [5.74, 6) is 0. The van der Waals surface area contributed by atoms with E-state index in [1.165, 1.54) is 0 Å². The fourth-order valence-electron chi connectivity index (χ4n) is 1.06. The van der Waals surface area contributed by atoms with Crippen LogP contribution in [0.1, 0.15) is 19.8 Å². The topological polar surface area (TPSA) is 28.9 Å². The zero-order valence-electron chi connectivity index (χ0n) is 7.62. The van der Waals surface area contributed by atoms with Crippen molar-refractivity contribution < 1.29 is 9.30 Å². The van der Waals surface area contributed by atoms with Gasteiger partial charge in [0.1, 0.15) is 12.4 Å². The van der Waals surface area contributed by atoms with Gasteiger partial charge in [0.25, 0.3) is 0 Å². The summed E-state index contributed by atoms with van der Waals surface area (Å²) in [5.41, 5.74) is 0. The summed E-state index contributed by atoms with van der Waals surface area (Å²) in [5, 5.41) is 0. The van der Waals surface area contributed by atoms with E-state index >= 15 is 0 Å². The van der Waals surface area contributed by atoms with Crippen molar-refractivity contribution >= 4 is 0 Å². The Hall–Kier alpha value is -0.830. The standard InChI is InChI=1S/C9H16N2O/c1-2-7-12-8-3-5-11-6-4-10-9-11/h4,6,9H,2-3,5,7-8H2,1H3/p+1. The zero-order chi connectivity index (χ0) is 8.65. The second kappa shape index (κ2) is 5.77. The van der Waals surface area contributed by atoms with Gasteiger partial charge in [-0.1, -0.05) is 6.92 Å². The van der Waals surface area contributed by atoms with E-state index in [0.717, 1.165) is 32.6 Å². The van der Waals surface area contributed by atoms with Crippen molar-refractivity contribution in [2.24, 2.45) is 0 Å². The lowest BCUT2D eigenvalue weighted by atomic mass is 10.4. The van der Waals surface area contributed by atoms with Crippen molar-refractivity contribution in [3.63, 3.8) is 0 Å². The van der Waals surface area contributed by atoms with Gasteiger partial charge in [0.05, 0.1) is 13.2 Å². The molecule has 0 aliphatic rings. The molecule has 1 aromatic heterocycles. The van der Waals surface area contributed by atoms with Crippen LogP contribution < -0.4 is 4.57 Å². The highest BCUT2D eigenvalue weighted by atomic mass is 16.5. The second-order valence-electron chi connectivity index (χ2n) is 2.82. The monoisotopic (exact) mass is 169 g/mol. The fourth-order valence-corrected chi connectivity index (χ4v) is 1.06. The van der Waals surface area contributed by atoms with Crippen LogP contribution in [0.2, 0.25) is 0 Å². The van der Waals surface area contributed by atoms with Crippen molar-refractivity contribution in [1.29, 1.82) is 0 Å². The van der Waals surface area contributed by atoms with Crippen LogP contribution in [0.4, 0.5) is 0 Å². The normalized spacial score (nSPS) is 10.4. The van der Waals surface area contributed by atoms with Crippen LogP contribution in [0.15, 0.2) is 18.7 Å². The highest BCUT2D eigenvalue weighted by Crippen LogP contribution is 1.85. The lowest BCUT2D eigenvalue weighted by Crippen LogP contribution is -2.30. The van der Waals surface area contributed by atoms with Crippen LogP contribution in [-0.4, -0.2) is 18.2 Å². The van der Waals surface area contributed by atoms with Crippen LogP contribution >= 0.6 is 0 Å². The molecule has 0 spiro atoms. The maximum atomic E-state index is 5.36. The molecule has 0 saturated carbocycles. The first-order valence-electron chi connectivity index (χ1n) is 4.53. The van der Waals surface area contributed by atoms with E-state index in [4.69, 9.17) is 4.74 Å². The van der Waals surface area contributed by atoms with Crippen molar-refractivity contribution in [3.8, 4) is 0 Å². The highest BCUT2D eigenvalue weighted by Gasteiger charge is 1.95. The number of nitrogens with zero attached hydrogens (tertiary/aromatic N) is 1. The number of ether oxygens (including phenoxy) is 1. The highest BCUT2D eigenvalue weighted by molar-refractivity contribution is 4.55. The summed E-state index contributed by atoms with van der Waals surface area (Å²) in [6.07, 6.45) is 8.10. The quantitative estimate of drug-likeness (QED) is 0.502. The molecular weight excluding hydrogens is 152 g/mol. The predicted octanol–water partition coefficient (Wildman–Crippen LogP) is 1.12. The molecule has 0 bridgehead atoms. The first-order chi connectivity index (χ1) is 5.93. The van der Waals surface area contributed by atoms with Gasteiger partial charge in [0.2, 0.25) is 6.33 Å². The zero-order valence-corrected chi connectivity index (χ0v) is 7.62. The molecule has 0 saturated heterocycles. The van der Waals surface area contributed by atoms with Gasteiger partial charge >= 0.3 is 0 Å². The van der Waals surface area contributed by atoms with Crippen LogP contribution in [0.5, 0.6) is 0 Å². The molecule has 1 heterocycles. The minimum absolute atomic E-state index is 0.867. The van der Waals surface area contributed by atoms with Crippen LogP contribution in [0.25, 0.3) is 0 Å². The lowest BCUT2D eigenvalue weighted by Gasteiger charge is -1.99. The first-order valence-corrected chi connectivity index (χ1v) is 4.53. The number of H-pyrrole nitrogens is 1. The molecule has 0 atom stereocenters. The molecule has 0 aliphatic carbocycles. The summed E-state index contributed by atoms with van der Waals surface area (Å²) in [6.45, 7) is 4.91. The number of nitrogens with one attached hydrogen (secondary N) is 1. The van der Waals surface area contributed by atoms with Crippen LogP contribution in [-0.2, 0) is 11.3 Å². The Balaban J connectivity index is 1.96. The van der Waals surface area contributed by atoms with Gasteiger partial charge in [-0.15, -0.1) is 0 Å². The molecule has 0 aliphatic heterocycles. The number of rotatable bonds is 6. The maximum Gasteiger partial charge on any atom is 0.241 e. The number of aromatic nitrogens is 2.